The fraction of sp³-hybridized carbons (Fsp3) is 0.522. The standard InChI is InChI=1S/C23H29N3O5/c1-5-10-26-15(2)20(17-13-16(29-3)6-7-19(17)26)21(27)25-11-8-23(9-12-25)14-18(24-31-23)22(28)30-4/h6-7,13H,5,8-12,14H2,1-4H3. The van der Waals surface area contributed by atoms with Gasteiger partial charge in [-0.15, -0.1) is 0 Å². The largest absolute Gasteiger partial charge is 0.497 e. The van der Waals surface area contributed by atoms with Gasteiger partial charge in [0.05, 0.1) is 19.8 Å². The van der Waals surface area contributed by atoms with Crippen LogP contribution in [0.4, 0.5) is 0 Å². The summed E-state index contributed by atoms with van der Waals surface area (Å²) in [5.74, 6) is 0.302. The molecule has 3 heterocycles. The lowest BCUT2D eigenvalue weighted by Gasteiger charge is -2.37. The summed E-state index contributed by atoms with van der Waals surface area (Å²) in [4.78, 5) is 32.9. The molecule has 1 aromatic heterocycles. The van der Waals surface area contributed by atoms with Gasteiger partial charge in [0.1, 0.15) is 11.4 Å². The summed E-state index contributed by atoms with van der Waals surface area (Å²) in [5.41, 5.74) is 2.55. The van der Waals surface area contributed by atoms with Crippen LogP contribution in [0.15, 0.2) is 23.4 Å². The van der Waals surface area contributed by atoms with Gasteiger partial charge in [-0.3, -0.25) is 4.79 Å². The highest BCUT2D eigenvalue weighted by molar-refractivity contribution is 6.36. The number of benzene rings is 1. The van der Waals surface area contributed by atoms with E-state index in [0.717, 1.165) is 40.9 Å². The Kier molecular flexibility index (Phi) is 5.64. The monoisotopic (exact) mass is 427 g/mol. The van der Waals surface area contributed by atoms with E-state index in [1.807, 2.05) is 30.0 Å². The molecule has 0 atom stereocenters. The van der Waals surface area contributed by atoms with Crippen LogP contribution in [0, 0.1) is 6.92 Å². The minimum Gasteiger partial charge on any atom is -0.497 e. The van der Waals surface area contributed by atoms with Crippen molar-refractivity contribution >= 4 is 28.5 Å². The number of piperidine rings is 1. The summed E-state index contributed by atoms with van der Waals surface area (Å²) in [6, 6.07) is 5.91. The first-order valence-electron chi connectivity index (χ1n) is 10.7. The summed E-state index contributed by atoms with van der Waals surface area (Å²) in [6.07, 6.45) is 2.65. The molecule has 1 aromatic carbocycles. The van der Waals surface area contributed by atoms with Crippen LogP contribution < -0.4 is 4.74 Å². The van der Waals surface area contributed by atoms with Gasteiger partial charge in [0.15, 0.2) is 5.71 Å². The number of fused-ring (bicyclic) bond motifs is 1. The van der Waals surface area contributed by atoms with Crippen molar-refractivity contribution in [2.45, 2.75) is 51.7 Å². The number of methoxy groups -OCH3 is 2. The predicted molar refractivity (Wildman–Crippen MR) is 117 cm³/mol. The van der Waals surface area contributed by atoms with Crippen LogP contribution in [-0.2, 0) is 20.9 Å². The van der Waals surface area contributed by atoms with Crippen LogP contribution >= 0.6 is 0 Å². The number of nitrogens with zero attached hydrogens (tertiary/aromatic N) is 3. The van der Waals surface area contributed by atoms with Crippen molar-refractivity contribution in [1.82, 2.24) is 9.47 Å². The van der Waals surface area contributed by atoms with Crippen LogP contribution in [0.1, 0.15) is 48.7 Å². The van der Waals surface area contributed by atoms with Crippen molar-refractivity contribution in [3.8, 4) is 5.75 Å². The highest BCUT2D eigenvalue weighted by Crippen LogP contribution is 2.37. The van der Waals surface area contributed by atoms with Crippen LogP contribution in [0.5, 0.6) is 5.75 Å². The number of aryl methyl sites for hydroxylation is 1. The molecule has 1 amide bonds. The summed E-state index contributed by atoms with van der Waals surface area (Å²) in [5, 5.41) is 4.85. The van der Waals surface area contributed by atoms with E-state index < -0.39 is 11.6 Å². The molecule has 0 bridgehead atoms. The number of aromatic nitrogens is 1. The Morgan fingerprint density at radius 1 is 1.23 bits per heavy atom. The van der Waals surface area contributed by atoms with E-state index in [1.165, 1.54) is 7.11 Å². The third-order valence-electron chi connectivity index (χ3n) is 6.41. The first kappa shape index (κ1) is 21.2. The molecule has 1 spiro atoms. The van der Waals surface area contributed by atoms with E-state index in [1.54, 1.807) is 7.11 Å². The molecule has 1 saturated heterocycles. The number of hydrogen-bond acceptors (Lipinski definition) is 6. The smallest absolute Gasteiger partial charge is 0.355 e. The van der Waals surface area contributed by atoms with Gasteiger partial charge in [0.25, 0.3) is 5.91 Å². The molecule has 0 aliphatic carbocycles. The van der Waals surface area contributed by atoms with Crippen LogP contribution in [0.2, 0.25) is 0 Å². The summed E-state index contributed by atoms with van der Waals surface area (Å²) in [7, 11) is 2.97. The zero-order chi connectivity index (χ0) is 22.2. The second-order valence-corrected chi connectivity index (χ2v) is 8.27. The number of carbonyl (C=O) groups excluding carboxylic acids is 2. The minimum atomic E-state index is -0.519. The molecule has 166 valence electrons. The lowest BCUT2D eigenvalue weighted by atomic mass is 9.86. The van der Waals surface area contributed by atoms with Crippen molar-refractivity contribution in [2.24, 2.45) is 5.16 Å². The van der Waals surface area contributed by atoms with E-state index >= 15 is 0 Å². The Bertz CT molecular complexity index is 1050. The number of hydrogen-bond donors (Lipinski definition) is 0. The van der Waals surface area contributed by atoms with E-state index in [4.69, 9.17) is 14.3 Å². The van der Waals surface area contributed by atoms with Gasteiger partial charge >= 0.3 is 5.97 Å². The van der Waals surface area contributed by atoms with E-state index in [9.17, 15) is 9.59 Å². The Morgan fingerprint density at radius 2 is 1.97 bits per heavy atom. The maximum atomic E-state index is 13.6. The SMILES string of the molecule is CCCn1c(C)c(C(=O)N2CCC3(CC2)CC(C(=O)OC)=NO3)c2cc(OC)ccc21. The molecule has 2 aliphatic rings. The Morgan fingerprint density at radius 3 is 2.61 bits per heavy atom. The van der Waals surface area contributed by atoms with E-state index in [0.29, 0.717) is 38.1 Å². The highest BCUT2D eigenvalue weighted by Gasteiger charge is 2.45. The summed E-state index contributed by atoms with van der Waals surface area (Å²) in [6.45, 7) is 6.09. The fourth-order valence-corrected chi connectivity index (χ4v) is 4.66. The van der Waals surface area contributed by atoms with Crippen molar-refractivity contribution < 1.29 is 23.9 Å². The molecule has 31 heavy (non-hydrogen) atoms. The molecule has 0 unspecified atom stereocenters. The molecule has 2 aliphatic heterocycles. The number of likely N-dealkylation sites (tertiary alicyclic amines) is 1. The maximum absolute atomic E-state index is 13.6. The molecule has 4 rings (SSSR count). The molecule has 1 fully saturated rings. The molecule has 2 aromatic rings. The van der Waals surface area contributed by atoms with Crippen molar-refractivity contribution in [3.63, 3.8) is 0 Å². The Balaban J connectivity index is 1.57. The van der Waals surface area contributed by atoms with Crippen molar-refractivity contribution in [3.05, 3.63) is 29.5 Å². The van der Waals surface area contributed by atoms with Gasteiger partial charge in [-0.1, -0.05) is 12.1 Å². The van der Waals surface area contributed by atoms with Gasteiger partial charge in [-0.25, -0.2) is 4.79 Å². The number of esters is 1. The number of carbonyl (C=O) groups is 2. The number of oxime groups is 1. The average Bonchev–Trinajstić information content (AvgIpc) is 3.32. The van der Waals surface area contributed by atoms with Crippen molar-refractivity contribution in [2.75, 3.05) is 27.3 Å². The first-order chi connectivity index (χ1) is 14.9. The summed E-state index contributed by atoms with van der Waals surface area (Å²) < 4.78 is 12.4. The molecular formula is C23H29N3O5. The molecular weight excluding hydrogens is 398 g/mol. The number of ether oxygens (including phenoxy) is 2. The van der Waals surface area contributed by atoms with Gasteiger partial charge in [0, 0.05) is 55.5 Å². The van der Waals surface area contributed by atoms with E-state index in [-0.39, 0.29) is 5.91 Å². The van der Waals surface area contributed by atoms with E-state index in [2.05, 4.69) is 16.6 Å². The van der Waals surface area contributed by atoms with Crippen LogP contribution in [0.25, 0.3) is 10.9 Å². The molecule has 8 heteroatoms. The number of amides is 1. The molecule has 0 N–H and O–H groups in total. The Labute approximate surface area is 181 Å². The minimum absolute atomic E-state index is 0.0209. The third-order valence-corrected chi connectivity index (χ3v) is 6.41. The predicted octanol–water partition coefficient (Wildman–Crippen LogP) is 3.29. The lowest BCUT2D eigenvalue weighted by molar-refractivity contribution is -0.132. The first-order valence-corrected chi connectivity index (χ1v) is 10.7. The quantitative estimate of drug-likeness (QED) is 0.684. The second-order valence-electron chi connectivity index (χ2n) is 8.27. The zero-order valence-electron chi connectivity index (χ0n) is 18.6. The zero-order valence-corrected chi connectivity index (χ0v) is 18.6. The molecule has 0 radical (unpaired) electrons. The molecule has 0 saturated carbocycles. The third kappa shape index (κ3) is 3.64. The van der Waals surface area contributed by atoms with Gasteiger partial charge in [-0.05, 0) is 31.5 Å². The number of rotatable bonds is 5. The van der Waals surface area contributed by atoms with Gasteiger partial charge in [-0.2, -0.15) is 0 Å². The normalized spacial score (nSPS) is 17.5. The highest BCUT2D eigenvalue weighted by atomic mass is 16.7. The van der Waals surface area contributed by atoms with Crippen molar-refractivity contribution in [1.29, 1.82) is 0 Å². The average molecular weight is 428 g/mol. The van der Waals surface area contributed by atoms with Gasteiger partial charge in [0.2, 0.25) is 0 Å². The maximum Gasteiger partial charge on any atom is 0.355 e. The topological polar surface area (TPSA) is 82.4 Å². The lowest BCUT2D eigenvalue weighted by Crippen LogP contribution is -2.47. The summed E-state index contributed by atoms with van der Waals surface area (Å²) >= 11 is 0. The Hall–Kier alpha value is -3.03. The molecule has 8 nitrogen and oxygen atoms in total. The second kappa shape index (κ2) is 8.24. The fourth-order valence-electron chi connectivity index (χ4n) is 4.66. The van der Waals surface area contributed by atoms with Gasteiger partial charge < -0.3 is 23.8 Å². The van der Waals surface area contributed by atoms with Crippen LogP contribution in [0.3, 0.4) is 0 Å². The van der Waals surface area contributed by atoms with Crippen LogP contribution in [-0.4, -0.2) is 60.0 Å².